The molecule has 0 saturated carbocycles. The summed E-state index contributed by atoms with van der Waals surface area (Å²) in [6, 6.07) is 12.2. The van der Waals surface area contributed by atoms with Gasteiger partial charge >= 0.3 is 5.63 Å². The summed E-state index contributed by atoms with van der Waals surface area (Å²) in [5, 5.41) is 15.2. The van der Waals surface area contributed by atoms with Crippen molar-refractivity contribution in [2.24, 2.45) is 5.10 Å². The van der Waals surface area contributed by atoms with E-state index < -0.39 is 16.5 Å². The lowest BCUT2D eigenvalue weighted by Crippen LogP contribution is -2.21. The molecule has 1 N–H and O–H groups in total. The van der Waals surface area contributed by atoms with Gasteiger partial charge in [0.2, 0.25) is 0 Å². The second-order valence-corrected chi connectivity index (χ2v) is 6.40. The monoisotopic (exact) mass is 429 g/mol. The summed E-state index contributed by atoms with van der Waals surface area (Å²) in [4.78, 5) is 34.7. The number of fused-ring (bicyclic) bond motifs is 1. The van der Waals surface area contributed by atoms with Crippen molar-refractivity contribution >= 4 is 44.2 Å². The van der Waals surface area contributed by atoms with Crippen molar-refractivity contribution in [1.82, 2.24) is 5.43 Å². The lowest BCUT2D eigenvalue weighted by molar-refractivity contribution is -0.384. The third-order valence-electron chi connectivity index (χ3n) is 3.76. The van der Waals surface area contributed by atoms with Gasteiger partial charge in [-0.15, -0.1) is 0 Å². The van der Waals surface area contributed by atoms with Crippen LogP contribution in [-0.4, -0.2) is 16.5 Å². The number of hydrazone groups is 1. The van der Waals surface area contributed by atoms with Crippen LogP contribution < -0.4 is 11.1 Å². The summed E-state index contributed by atoms with van der Waals surface area (Å²) in [5.74, 6) is -0.456. The number of benzene rings is 2. The number of non-ortho nitro benzene ring substituents is 1. The second-order valence-electron chi connectivity index (χ2n) is 5.54. The molecule has 136 valence electrons. The molecule has 0 unspecified atom stereocenters. The van der Waals surface area contributed by atoms with Crippen molar-refractivity contribution in [2.75, 3.05) is 0 Å². The van der Waals surface area contributed by atoms with E-state index in [1.54, 1.807) is 24.3 Å². The molecule has 0 bridgehead atoms. The van der Waals surface area contributed by atoms with Gasteiger partial charge in [0.25, 0.3) is 11.6 Å². The smallest absolute Gasteiger partial charge is 0.345 e. The summed E-state index contributed by atoms with van der Waals surface area (Å²) < 4.78 is 5.78. The van der Waals surface area contributed by atoms with Crippen LogP contribution in [0.3, 0.4) is 0 Å². The number of carbonyl (C=O) groups is 1. The molecule has 0 aliphatic carbocycles. The van der Waals surface area contributed by atoms with Crippen LogP contribution in [0.15, 0.2) is 67.3 Å². The lowest BCUT2D eigenvalue weighted by atomic mass is 10.1. The first-order chi connectivity index (χ1) is 12.9. The van der Waals surface area contributed by atoms with E-state index in [1.807, 2.05) is 0 Å². The van der Waals surface area contributed by atoms with Crippen LogP contribution in [0.5, 0.6) is 0 Å². The van der Waals surface area contributed by atoms with E-state index in [0.717, 1.165) is 0 Å². The number of nitrogens with one attached hydrogen (secondary N) is 1. The fourth-order valence-corrected chi connectivity index (χ4v) is 2.84. The Morgan fingerprint density at radius 1 is 1.19 bits per heavy atom. The molecule has 1 aromatic heterocycles. The number of hydrogen-bond acceptors (Lipinski definition) is 6. The first kappa shape index (κ1) is 18.5. The highest BCUT2D eigenvalue weighted by molar-refractivity contribution is 9.10. The average Bonchev–Trinajstić information content (AvgIpc) is 2.65. The molecular formula is C18H12BrN3O5. The first-order valence-electron chi connectivity index (χ1n) is 7.68. The zero-order chi connectivity index (χ0) is 19.6. The van der Waals surface area contributed by atoms with E-state index in [4.69, 9.17) is 4.42 Å². The number of nitro groups is 1. The van der Waals surface area contributed by atoms with Crippen LogP contribution in [0, 0.1) is 10.1 Å². The topological polar surface area (TPSA) is 115 Å². The molecule has 0 spiro atoms. The van der Waals surface area contributed by atoms with Crippen molar-refractivity contribution in [3.05, 3.63) is 84.7 Å². The fraction of sp³-hybridized carbons (Fsp3) is 0.0556. The van der Waals surface area contributed by atoms with Gasteiger partial charge in [0.1, 0.15) is 5.58 Å². The summed E-state index contributed by atoms with van der Waals surface area (Å²) in [6.07, 6.45) is 0. The molecule has 0 fully saturated rings. The minimum atomic E-state index is -0.659. The summed E-state index contributed by atoms with van der Waals surface area (Å²) in [5.41, 5.74) is 2.49. The molecule has 0 saturated heterocycles. The minimum absolute atomic E-state index is 0.0930. The van der Waals surface area contributed by atoms with Gasteiger partial charge in [-0.2, -0.15) is 5.10 Å². The van der Waals surface area contributed by atoms with E-state index >= 15 is 0 Å². The highest BCUT2D eigenvalue weighted by Gasteiger charge is 2.13. The van der Waals surface area contributed by atoms with Crippen LogP contribution in [0.25, 0.3) is 11.0 Å². The van der Waals surface area contributed by atoms with E-state index in [0.29, 0.717) is 15.4 Å². The molecular weight excluding hydrogens is 418 g/mol. The number of nitrogens with zero attached hydrogens (tertiary/aromatic N) is 2. The molecule has 2 aromatic carbocycles. The predicted molar refractivity (Wildman–Crippen MR) is 103 cm³/mol. The van der Waals surface area contributed by atoms with E-state index in [2.05, 4.69) is 26.5 Å². The van der Waals surface area contributed by atoms with Crippen molar-refractivity contribution < 1.29 is 14.1 Å². The maximum Gasteiger partial charge on any atom is 0.345 e. The number of nitro benzene ring substituents is 1. The van der Waals surface area contributed by atoms with Crippen LogP contribution >= 0.6 is 15.9 Å². The lowest BCUT2D eigenvalue weighted by Gasteiger charge is -2.05. The highest BCUT2D eigenvalue weighted by atomic mass is 79.9. The molecule has 9 heteroatoms. The third-order valence-corrected chi connectivity index (χ3v) is 4.45. The van der Waals surface area contributed by atoms with Crippen molar-refractivity contribution in [3.8, 4) is 0 Å². The Bertz CT molecular complexity index is 1150. The molecule has 27 heavy (non-hydrogen) atoms. The number of halogens is 1. The van der Waals surface area contributed by atoms with Crippen LogP contribution in [0.1, 0.15) is 22.8 Å². The zero-order valence-electron chi connectivity index (χ0n) is 13.9. The predicted octanol–water partition coefficient (Wildman–Crippen LogP) is 3.62. The number of rotatable bonds is 4. The molecule has 8 nitrogen and oxygen atoms in total. The molecule has 0 aliphatic rings. The largest absolute Gasteiger partial charge is 0.422 e. The summed E-state index contributed by atoms with van der Waals surface area (Å²) in [7, 11) is 0. The van der Waals surface area contributed by atoms with Gasteiger partial charge < -0.3 is 4.42 Å². The Morgan fingerprint density at radius 3 is 2.63 bits per heavy atom. The average molecular weight is 430 g/mol. The first-order valence-corrected chi connectivity index (χ1v) is 8.48. The Labute approximate surface area is 160 Å². The van der Waals surface area contributed by atoms with Crippen LogP contribution in [0.2, 0.25) is 0 Å². The van der Waals surface area contributed by atoms with E-state index in [9.17, 15) is 19.7 Å². The minimum Gasteiger partial charge on any atom is -0.422 e. The van der Waals surface area contributed by atoms with Gasteiger partial charge in [0.15, 0.2) is 0 Å². The van der Waals surface area contributed by atoms with E-state index in [-0.39, 0.29) is 22.5 Å². The number of carbonyl (C=O) groups excluding carboxylic acids is 1. The fourth-order valence-electron chi connectivity index (χ4n) is 2.38. The molecule has 0 aliphatic heterocycles. The van der Waals surface area contributed by atoms with Gasteiger partial charge in [-0.05, 0) is 47.1 Å². The molecule has 3 aromatic rings. The van der Waals surface area contributed by atoms with E-state index in [1.165, 1.54) is 31.2 Å². The SMILES string of the molecule is C/C(=N\NC(=O)c1ccccc1Br)c1cc2cc([N+](=O)[O-])ccc2oc1=O. The maximum absolute atomic E-state index is 12.2. The molecule has 3 rings (SSSR count). The molecule has 1 amide bonds. The Kier molecular flexibility index (Phi) is 5.13. The van der Waals surface area contributed by atoms with Crippen molar-refractivity contribution in [2.45, 2.75) is 6.92 Å². The Balaban J connectivity index is 1.93. The zero-order valence-corrected chi connectivity index (χ0v) is 15.5. The van der Waals surface area contributed by atoms with Gasteiger partial charge in [0.05, 0.1) is 21.8 Å². The molecule has 0 radical (unpaired) electrons. The molecule has 1 heterocycles. The van der Waals surface area contributed by atoms with Crippen LogP contribution in [0.4, 0.5) is 5.69 Å². The standard InChI is InChI=1S/C18H12BrN3O5/c1-10(20-21-17(23)13-4-2-3-5-15(13)19)14-9-11-8-12(22(25)26)6-7-16(11)27-18(14)24/h2-9H,1H3,(H,21,23)/b20-10+. The van der Waals surface area contributed by atoms with Gasteiger partial charge in [-0.3, -0.25) is 14.9 Å². The van der Waals surface area contributed by atoms with Crippen molar-refractivity contribution in [1.29, 1.82) is 0 Å². The third kappa shape index (κ3) is 3.93. The Morgan fingerprint density at radius 2 is 1.93 bits per heavy atom. The van der Waals surface area contributed by atoms with Gasteiger partial charge in [0, 0.05) is 22.0 Å². The maximum atomic E-state index is 12.2. The number of hydrogen-bond donors (Lipinski definition) is 1. The number of amides is 1. The van der Waals surface area contributed by atoms with Gasteiger partial charge in [-0.25, -0.2) is 10.2 Å². The summed E-state index contributed by atoms with van der Waals surface area (Å²) >= 11 is 3.28. The summed E-state index contributed by atoms with van der Waals surface area (Å²) in [6.45, 7) is 1.52. The van der Waals surface area contributed by atoms with Gasteiger partial charge in [-0.1, -0.05) is 12.1 Å². The quantitative estimate of drug-likeness (QED) is 0.294. The molecule has 0 atom stereocenters. The highest BCUT2D eigenvalue weighted by Crippen LogP contribution is 2.20. The Hall–Kier alpha value is -3.33. The normalized spacial score (nSPS) is 11.4. The van der Waals surface area contributed by atoms with Crippen LogP contribution in [-0.2, 0) is 0 Å². The second kappa shape index (κ2) is 7.50. The van der Waals surface area contributed by atoms with Crippen molar-refractivity contribution in [3.63, 3.8) is 0 Å².